The Balaban J connectivity index is 2.03. The maximum Gasteiger partial charge on any atom is 0.341 e. The van der Waals surface area contributed by atoms with Crippen molar-refractivity contribution in [3.05, 3.63) is 29.7 Å². The topological polar surface area (TPSA) is 73.1 Å². The lowest BCUT2D eigenvalue weighted by molar-refractivity contribution is -0.0162. The van der Waals surface area contributed by atoms with Crippen molar-refractivity contribution in [3.63, 3.8) is 0 Å². The van der Waals surface area contributed by atoms with Crippen LogP contribution in [0.5, 0.6) is 5.75 Å². The molecule has 2 atom stereocenters. The molecule has 1 unspecified atom stereocenters. The normalized spacial score (nSPS) is 24.5. The third-order valence-electron chi connectivity index (χ3n) is 4.56. The Hall–Kier alpha value is -2.08. The number of carboxylic acids is 1. The molecule has 0 aliphatic carbocycles. The Morgan fingerprint density at radius 3 is 2.83 bits per heavy atom. The molecule has 0 aromatic carbocycles. The van der Waals surface area contributed by atoms with Gasteiger partial charge in [0.25, 0.3) is 0 Å². The molecular formula is C18H24N2O4. The smallest absolute Gasteiger partial charge is 0.341 e. The number of hydrogen-bond acceptors (Lipinski definition) is 4. The molecule has 0 saturated carbocycles. The summed E-state index contributed by atoms with van der Waals surface area (Å²) in [6.45, 7) is 8.59. The summed E-state index contributed by atoms with van der Waals surface area (Å²) in [6, 6.07) is 1.70. The van der Waals surface area contributed by atoms with Crippen molar-refractivity contribution in [2.75, 3.05) is 6.61 Å². The average molecular weight is 332 g/mol. The van der Waals surface area contributed by atoms with Crippen LogP contribution in [-0.2, 0) is 10.2 Å². The number of imidazole rings is 1. The summed E-state index contributed by atoms with van der Waals surface area (Å²) in [6.07, 6.45) is 5.64. The molecular weight excluding hydrogens is 308 g/mol. The van der Waals surface area contributed by atoms with Gasteiger partial charge in [-0.1, -0.05) is 6.92 Å². The highest BCUT2D eigenvalue weighted by Crippen LogP contribution is 2.34. The lowest BCUT2D eigenvalue weighted by Crippen LogP contribution is -2.36. The van der Waals surface area contributed by atoms with E-state index in [1.54, 1.807) is 16.7 Å². The summed E-state index contributed by atoms with van der Waals surface area (Å²) >= 11 is 0. The SMILES string of the molecule is CC(C)Oc1cc2nc([C@@]3(C)CCC(C)OC3)cn2cc1C(=O)O. The van der Waals surface area contributed by atoms with Gasteiger partial charge in [-0.25, -0.2) is 9.78 Å². The first-order valence-electron chi connectivity index (χ1n) is 8.33. The van der Waals surface area contributed by atoms with Gasteiger partial charge in [0.2, 0.25) is 0 Å². The molecule has 3 heterocycles. The molecule has 0 radical (unpaired) electrons. The third kappa shape index (κ3) is 3.11. The first kappa shape index (κ1) is 16.8. The Bertz CT molecular complexity index is 758. The molecule has 24 heavy (non-hydrogen) atoms. The van der Waals surface area contributed by atoms with Gasteiger partial charge in [0.05, 0.1) is 24.5 Å². The van der Waals surface area contributed by atoms with Crippen LogP contribution in [0.2, 0.25) is 0 Å². The van der Waals surface area contributed by atoms with E-state index in [9.17, 15) is 9.90 Å². The van der Waals surface area contributed by atoms with Gasteiger partial charge in [0.1, 0.15) is 17.0 Å². The van der Waals surface area contributed by atoms with Gasteiger partial charge in [-0.2, -0.15) is 0 Å². The number of carboxylic acid groups (broad SMARTS) is 1. The van der Waals surface area contributed by atoms with Crippen LogP contribution in [0.15, 0.2) is 18.5 Å². The summed E-state index contributed by atoms with van der Waals surface area (Å²) in [5.74, 6) is -0.662. The predicted octanol–water partition coefficient (Wildman–Crippen LogP) is 3.28. The standard InChI is InChI=1S/C18H24N2O4/c1-11(2)24-14-7-16-19-15(9-20(16)8-13(14)17(21)22)18(4)6-5-12(3)23-10-18/h7-9,11-12H,5-6,10H2,1-4H3,(H,21,22)/t12?,18-/m0/s1. The van der Waals surface area contributed by atoms with E-state index in [1.807, 2.05) is 20.0 Å². The lowest BCUT2D eigenvalue weighted by Gasteiger charge is -2.34. The van der Waals surface area contributed by atoms with Crippen LogP contribution in [0.25, 0.3) is 5.65 Å². The zero-order valence-electron chi connectivity index (χ0n) is 14.6. The molecule has 6 nitrogen and oxygen atoms in total. The number of hydrogen-bond donors (Lipinski definition) is 1. The Morgan fingerprint density at radius 2 is 2.25 bits per heavy atom. The number of aromatic nitrogens is 2. The fraction of sp³-hybridized carbons (Fsp3) is 0.556. The van der Waals surface area contributed by atoms with Crippen LogP contribution in [-0.4, -0.2) is 39.3 Å². The van der Waals surface area contributed by atoms with Crippen molar-refractivity contribution >= 4 is 11.6 Å². The second kappa shape index (κ2) is 6.09. The van der Waals surface area contributed by atoms with Crippen molar-refractivity contribution < 1.29 is 19.4 Å². The second-order valence-electron chi connectivity index (χ2n) is 7.14. The first-order chi connectivity index (χ1) is 11.3. The van der Waals surface area contributed by atoms with E-state index < -0.39 is 5.97 Å². The molecule has 6 heteroatoms. The molecule has 2 aromatic heterocycles. The maximum atomic E-state index is 11.5. The monoisotopic (exact) mass is 332 g/mol. The number of carbonyl (C=O) groups is 1. The van der Waals surface area contributed by atoms with Crippen LogP contribution in [0.4, 0.5) is 0 Å². The summed E-state index contributed by atoms with van der Waals surface area (Å²) in [4.78, 5) is 16.2. The summed E-state index contributed by atoms with van der Waals surface area (Å²) in [5.41, 5.74) is 1.60. The summed E-state index contributed by atoms with van der Waals surface area (Å²) < 4.78 is 13.2. The zero-order chi connectivity index (χ0) is 17.5. The average Bonchev–Trinajstić information content (AvgIpc) is 2.92. The number of rotatable bonds is 4. The molecule has 1 saturated heterocycles. The molecule has 0 bridgehead atoms. The minimum Gasteiger partial charge on any atom is -0.490 e. The second-order valence-corrected chi connectivity index (χ2v) is 7.14. The quantitative estimate of drug-likeness (QED) is 0.930. The predicted molar refractivity (Wildman–Crippen MR) is 89.9 cm³/mol. The summed E-state index contributed by atoms with van der Waals surface area (Å²) in [5, 5.41) is 9.44. The van der Waals surface area contributed by atoms with Gasteiger partial charge in [-0.3, -0.25) is 0 Å². The van der Waals surface area contributed by atoms with Gasteiger partial charge >= 0.3 is 5.97 Å². The van der Waals surface area contributed by atoms with E-state index in [-0.39, 0.29) is 23.2 Å². The molecule has 1 fully saturated rings. The highest BCUT2D eigenvalue weighted by atomic mass is 16.5. The fourth-order valence-electron chi connectivity index (χ4n) is 3.02. The zero-order valence-corrected chi connectivity index (χ0v) is 14.6. The number of nitrogens with zero attached hydrogens (tertiary/aromatic N) is 2. The van der Waals surface area contributed by atoms with Crippen molar-refractivity contribution in [3.8, 4) is 5.75 Å². The van der Waals surface area contributed by atoms with Crippen molar-refractivity contribution in [1.82, 2.24) is 9.38 Å². The molecule has 2 aromatic rings. The molecule has 130 valence electrons. The van der Waals surface area contributed by atoms with Gasteiger partial charge in [-0.15, -0.1) is 0 Å². The van der Waals surface area contributed by atoms with Crippen LogP contribution in [0, 0.1) is 0 Å². The van der Waals surface area contributed by atoms with Gasteiger partial charge in [0.15, 0.2) is 0 Å². The number of aromatic carboxylic acids is 1. The van der Waals surface area contributed by atoms with E-state index in [2.05, 4.69) is 13.8 Å². The Labute approximate surface area is 141 Å². The van der Waals surface area contributed by atoms with E-state index >= 15 is 0 Å². The minimum absolute atomic E-state index is 0.106. The molecule has 1 aliphatic rings. The van der Waals surface area contributed by atoms with Crippen LogP contribution in [0.1, 0.15) is 56.6 Å². The fourth-order valence-corrected chi connectivity index (χ4v) is 3.02. The minimum atomic E-state index is -1.01. The number of fused-ring (bicyclic) bond motifs is 1. The molecule has 0 amide bonds. The first-order valence-corrected chi connectivity index (χ1v) is 8.33. The van der Waals surface area contributed by atoms with Crippen LogP contribution >= 0.6 is 0 Å². The van der Waals surface area contributed by atoms with Gasteiger partial charge in [0, 0.05) is 23.9 Å². The summed E-state index contributed by atoms with van der Waals surface area (Å²) in [7, 11) is 0. The van der Waals surface area contributed by atoms with E-state index in [1.165, 1.54) is 0 Å². The Morgan fingerprint density at radius 1 is 1.50 bits per heavy atom. The van der Waals surface area contributed by atoms with E-state index in [0.29, 0.717) is 18.0 Å². The van der Waals surface area contributed by atoms with Crippen molar-refractivity contribution in [2.24, 2.45) is 0 Å². The largest absolute Gasteiger partial charge is 0.490 e. The molecule has 0 spiro atoms. The van der Waals surface area contributed by atoms with Gasteiger partial charge in [-0.05, 0) is 33.6 Å². The highest BCUT2D eigenvalue weighted by Gasteiger charge is 2.34. The highest BCUT2D eigenvalue weighted by molar-refractivity contribution is 5.91. The maximum absolute atomic E-state index is 11.5. The van der Waals surface area contributed by atoms with Crippen molar-refractivity contribution in [2.45, 2.75) is 58.2 Å². The van der Waals surface area contributed by atoms with E-state index in [4.69, 9.17) is 14.5 Å². The van der Waals surface area contributed by atoms with Crippen molar-refractivity contribution in [1.29, 1.82) is 0 Å². The number of pyridine rings is 1. The Kier molecular flexibility index (Phi) is 4.25. The van der Waals surface area contributed by atoms with E-state index in [0.717, 1.165) is 18.5 Å². The number of ether oxygens (including phenoxy) is 2. The third-order valence-corrected chi connectivity index (χ3v) is 4.56. The van der Waals surface area contributed by atoms with Gasteiger partial charge < -0.3 is 19.0 Å². The molecule has 3 rings (SSSR count). The molecule has 1 N–H and O–H groups in total. The molecule has 1 aliphatic heterocycles. The van der Waals surface area contributed by atoms with Crippen LogP contribution < -0.4 is 4.74 Å². The lowest BCUT2D eigenvalue weighted by atomic mass is 9.81. The van der Waals surface area contributed by atoms with Crippen LogP contribution in [0.3, 0.4) is 0 Å².